The summed E-state index contributed by atoms with van der Waals surface area (Å²) < 4.78 is 4.53. The van der Waals surface area contributed by atoms with Crippen molar-refractivity contribution in [3.8, 4) is 0 Å². The minimum Gasteiger partial charge on any atom is -0.453 e. The van der Waals surface area contributed by atoms with Crippen LogP contribution in [0.2, 0.25) is 0 Å². The Bertz CT molecular complexity index is 386. The van der Waals surface area contributed by atoms with E-state index in [1.807, 2.05) is 24.3 Å². The number of anilines is 2. The normalized spacial score (nSPS) is 18.4. The molecule has 1 aliphatic rings. The number of ether oxygens (including phenoxy) is 1. The van der Waals surface area contributed by atoms with Crippen molar-refractivity contribution in [1.29, 1.82) is 0 Å². The predicted octanol–water partition coefficient (Wildman–Crippen LogP) is 2.03. The number of hydrogen-bond donors (Lipinski definition) is 3. The summed E-state index contributed by atoms with van der Waals surface area (Å²) in [6.45, 7) is 2.05. The van der Waals surface area contributed by atoms with Gasteiger partial charge in [-0.2, -0.15) is 0 Å². The van der Waals surface area contributed by atoms with E-state index in [0.29, 0.717) is 6.04 Å². The van der Waals surface area contributed by atoms with Gasteiger partial charge in [0.25, 0.3) is 0 Å². The van der Waals surface area contributed by atoms with Crippen LogP contribution >= 0.6 is 0 Å². The Morgan fingerprint density at radius 3 is 2.72 bits per heavy atom. The van der Waals surface area contributed by atoms with Crippen LogP contribution in [0.25, 0.3) is 0 Å². The molecule has 0 spiro atoms. The highest BCUT2D eigenvalue weighted by atomic mass is 16.5. The van der Waals surface area contributed by atoms with Gasteiger partial charge >= 0.3 is 6.09 Å². The zero-order valence-electron chi connectivity index (χ0n) is 10.5. The fourth-order valence-electron chi connectivity index (χ4n) is 2.01. The SMILES string of the molecule is COC(=O)Nc1ccc(NCC2CCCN2)cc1. The smallest absolute Gasteiger partial charge is 0.411 e. The number of hydrogen-bond acceptors (Lipinski definition) is 4. The molecular formula is C13H19N3O2. The van der Waals surface area contributed by atoms with Gasteiger partial charge < -0.3 is 15.4 Å². The van der Waals surface area contributed by atoms with E-state index in [2.05, 4.69) is 20.7 Å². The molecule has 1 aromatic carbocycles. The lowest BCUT2D eigenvalue weighted by Crippen LogP contribution is -2.29. The lowest BCUT2D eigenvalue weighted by molar-refractivity contribution is 0.187. The molecule has 3 N–H and O–H groups in total. The van der Waals surface area contributed by atoms with Crippen LogP contribution in [0.3, 0.4) is 0 Å². The van der Waals surface area contributed by atoms with Crippen molar-refractivity contribution >= 4 is 17.5 Å². The molecule has 18 heavy (non-hydrogen) atoms. The molecule has 1 amide bonds. The predicted molar refractivity (Wildman–Crippen MR) is 72.0 cm³/mol. The van der Waals surface area contributed by atoms with Crippen molar-refractivity contribution < 1.29 is 9.53 Å². The summed E-state index contributed by atoms with van der Waals surface area (Å²) in [5.74, 6) is 0. The Hall–Kier alpha value is -1.75. The van der Waals surface area contributed by atoms with E-state index in [1.165, 1.54) is 20.0 Å². The van der Waals surface area contributed by atoms with E-state index in [1.54, 1.807) is 0 Å². The first-order valence-corrected chi connectivity index (χ1v) is 6.20. The van der Waals surface area contributed by atoms with Crippen LogP contribution in [-0.4, -0.2) is 32.3 Å². The molecule has 0 radical (unpaired) electrons. The second kappa shape index (κ2) is 6.26. The topological polar surface area (TPSA) is 62.4 Å². The molecular weight excluding hydrogens is 230 g/mol. The van der Waals surface area contributed by atoms with Crippen molar-refractivity contribution in [3.63, 3.8) is 0 Å². The molecule has 0 saturated carbocycles. The summed E-state index contributed by atoms with van der Waals surface area (Å²) in [4.78, 5) is 11.0. The largest absolute Gasteiger partial charge is 0.453 e. The van der Waals surface area contributed by atoms with Crippen LogP contribution in [-0.2, 0) is 4.74 Å². The van der Waals surface area contributed by atoms with Gasteiger partial charge in [-0.1, -0.05) is 0 Å². The number of carbonyl (C=O) groups excluding carboxylic acids is 1. The van der Waals surface area contributed by atoms with Crippen molar-refractivity contribution in [2.45, 2.75) is 18.9 Å². The van der Waals surface area contributed by atoms with Crippen molar-refractivity contribution in [1.82, 2.24) is 5.32 Å². The summed E-state index contributed by atoms with van der Waals surface area (Å²) in [5, 5.41) is 9.43. The standard InChI is InChI=1S/C13H19N3O2/c1-18-13(17)16-11-6-4-10(5-7-11)15-9-12-3-2-8-14-12/h4-7,12,14-15H,2-3,8-9H2,1H3,(H,16,17). The van der Waals surface area contributed by atoms with Crippen LogP contribution < -0.4 is 16.0 Å². The van der Waals surface area contributed by atoms with Crippen LogP contribution in [0.4, 0.5) is 16.2 Å². The van der Waals surface area contributed by atoms with Crippen LogP contribution in [0.5, 0.6) is 0 Å². The minimum absolute atomic E-state index is 0.453. The van der Waals surface area contributed by atoms with Crippen molar-refractivity contribution in [2.75, 3.05) is 30.8 Å². The average molecular weight is 249 g/mol. The number of nitrogens with one attached hydrogen (secondary N) is 3. The highest BCUT2D eigenvalue weighted by Crippen LogP contribution is 2.14. The number of methoxy groups -OCH3 is 1. The summed E-state index contributed by atoms with van der Waals surface area (Å²) in [7, 11) is 1.35. The van der Waals surface area contributed by atoms with Gasteiger partial charge in [0, 0.05) is 24.0 Å². The van der Waals surface area contributed by atoms with E-state index in [0.717, 1.165) is 24.5 Å². The molecule has 1 aromatic rings. The number of rotatable bonds is 4. The summed E-state index contributed by atoms with van der Waals surface area (Å²) in [5.41, 5.74) is 1.78. The Balaban J connectivity index is 1.81. The fraction of sp³-hybridized carbons (Fsp3) is 0.462. The number of carbonyl (C=O) groups is 1. The van der Waals surface area contributed by atoms with E-state index in [9.17, 15) is 4.79 Å². The average Bonchev–Trinajstić information content (AvgIpc) is 2.91. The lowest BCUT2D eigenvalue weighted by Gasteiger charge is -2.13. The zero-order chi connectivity index (χ0) is 12.8. The molecule has 0 aromatic heterocycles. The van der Waals surface area contributed by atoms with Gasteiger partial charge in [0.05, 0.1) is 7.11 Å². The first-order chi connectivity index (χ1) is 8.78. The molecule has 5 heteroatoms. The lowest BCUT2D eigenvalue weighted by atomic mass is 10.2. The molecule has 1 aliphatic heterocycles. The van der Waals surface area contributed by atoms with Gasteiger partial charge in [0.15, 0.2) is 0 Å². The van der Waals surface area contributed by atoms with Gasteiger partial charge in [-0.3, -0.25) is 5.32 Å². The van der Waals surface area contributed by atoms with E-state index in [4.69, 9.17) is 0 Å². The molecule has 0 aliphatic carbocycles. The third-order valence-corrected chi connectivity index (χ3v) is 3.03. The Morgan fingerprint density at radius 1 is 1.39 bits per heavy atom. The van der Waals surface area contributed by atoms with Gasteiger partial charge in [-0.05, 0) is 43.7 Å². The maximum atomic E-state index is 11.0. The fourth-order valence-corrected chi connectivity index (χ4v) is 2.01. The monoisotopic (exact) mass is 249 g/mol. The maximum absolute atomic E-state index is 11.0. The van der Waals surface area contributed by atoms with Gasteiger partial charge in [0.2, 0.25) is 0 Å². The van der Waals surface area contributed by atoms with Crippen molar-refractivity contribution in [3.05, 3.63) is 24.3 Å². The molecule has 2 rings (SSSR count). The number of benzene rings is 1. The highest BCUT2D eigenvalue weighted by molar-refractivity contribution is 5.84. The van der Waals surface area contributed by atoms with Crippen LogP contribution in [0.1, 0.15) is 12.8 Å². The van der Waals surface area contributed by atoms with Gasteiger partial charge in [0.1, 0.15) is 0 Å². The molecule has 1 fully saturated rings. The minimum atomic E-state index is -0.453. The summed E-state index contributed by atoms with van der Waals surface area (Å²) >= 11 is 0. The second-order valence-electron chi connectivity index (χ2n) is 4.37. The van der Waals surface area contributed by atoms with E-state index in [-0.39, 0.29) is 0 Å². The molecule has 1 saturated heterocycles. The first-order valence-electron chi connectivity index (χ1n) is 6.20. The molecule has 0 bridgehead atoms. The van der Waals surface area contributed by atoms with Crippen molar-refractivity contribution in [2.24, 2.45) is 0 Å². The zero-order valence-corrected chi connectivity index (χ0v) is 10.5. The first kappa shape index (κ1) is 12.7. The maximum Gasteiger partial charge on any atom is 0.411 e. The number of amides is 1. The Labute approximate surface area is 107 Å². The van der Waals surface area contributed by atoms with E-state index >= 15 is 0 Å². The molecule has 98 valence electrons. The van der Waals surface area contributed by atoms with Crippen LogP contribution in [0, 0.1) is 0 Å². The van der Waals surface area contributed by atoms with Gasteiger partial charge in [-0.25, -0.2) is 4.79 Å². The summed E-state index contributed by atoms with van der Waals surface area (Å²) in [6, 6.07) is 8.15. The Morgan fingerprint density at radius 2 is 2.11 bits per heavy atom. The third-order valence-electron chi connectivity index (χ3n) is 3.03. The van der Waals surface area contributed by atoms with E-state index < -0.39 is 6.09 Å². The molecule has 1 heterocycles. The molecule has 1 atom stereocenters. The third kappa shape index (κ3) is 3.63. The van der Waals surface area contributed by atoms with Crippen LogP contribution in [0.15, 0.2) is 24.3 Å². The molecule has 5 nitrogen and oxygen atoms in total. The quantitative estimate of drug-likeness (QED) is 0.764. The van der Waals surface area contributed by atoms with Gasteiger partial charge in [-0.15, -0.1) is 0 Å². The Kier molecular flexibility index (Phi) is 4.41. The molecule has 1 unspecified atom stereocenters. The second-order valence-corrected chi connectivity index (χ2v) is 4.37. The highest BCUT2D eigenvalue weighted by Gasteiger charge is 2.12. The summed E-state index contributed by atoms with van der Waals surface area (Å²) in [6.07, 6.45) is 2.04.